The standard InChI is InChI=1S/C40H40F6O8S/c1-27-16-8-4-13-21-30(53-35(48)37(50-2,39(41,42)43)28-17-9-5-10-18-28)24-25-32(33(26-34(47)52-27)55-31-22-14-7-15-23-31)54-36(49)38(51-3,40(44,45)46)29-19-11-6-12-20-29/h5-7,9-15,17-25,27,30,32-33H,4,8,16,26H2,1-3H3/b21-13+,25-24+/t27-,30+,32+,33+,37+,38+/m1/s1. The van der Waals surface area contributed by atoms with Crippen molar-refractivity contribution in [2.75, 3.05) is 14.2 Å². The van der Waals surface area contributed by atoms with E-state index in [1.807, 2.05) is 0 Å². The Morgan fingerprint density at radius 3 is 1.69 bits per heavy atom. The van der Waals surface area contributed by atoms with Crippen LogP contribution in [0.25, 0.3) is 0 Å². The lowest BCUT2D eigenvalue weighted by atomic mass is 9.92. The van der Waals surface area contributed by atoms with Crippen LogP contribution in [0.1, 0.15) is 43.7 Å². The lowest BCUT2D eigenvalue weighted by Crippen LogP contribution is -2.53. The average Bonchev–Trinajstić information content (AvgIpc) is 3.13. The lowest BCUT2D eigenvalue weighted by molar-refractivity contribution is -0.278. The van der Waals surface area contributed by atoms with Gasteiger partial charge in [0.15, 0.2) is 0 Å². The SMILES string of the molecule is CO[C@](C(=O)O[C@H]1/C=C/CCC[C@@H](C)OC(=O)C[C@H](Sc2ccccc2)[C@@H](OC(=O)[C@@](OC)(c2ccccc2)C(F)(F)F)/C=C/1)(c1ccccc1)C(F)(F)F. The number of alkyl halides is 6. The van der Waals surface area contributed by atoms with E-state index in [1.165, 1.54) is 48.6 Å². The van der Waals surface area contributed by atoms with Crippen LogP contribution in [-0.2, 0) is 49.3 Å². The Labute approximate surface area is 318 Å². The molecule has 15 heteroatoms. The van der Waals surface area contributed by atoms with E-state index in [0.717, 1.165) is 48.2 Å². The van der Waals surface area contributed by atoms with Crippen LogP contribution in [-0.4, -0.2) is 68.0 Å². The minimum absolute atomic E-state index is 0.321. The molecule has 0 N–H and O–H groups in total. The maximum atomic E-state index is 15.0. The van der Waals surface area contributed by atoms with Gasteiger partial charge in [-0.05, 0) is 56.5 Å². The highest BCUT2D eigenvalue weighted by Crippen LogP contribution is 2.45. The van der Waals surface area contributed by atoms with Crippen LogP contribution in [0.4, 0.5) is 26.3 Å². The van der Waals surface area contributed by atoms with E-state index in [1.54, 1.807) is 37.3 Å². The first-order chi connectivity index (χ1) is 26.1. The van der Waals surface area contributed by atoms with Crippen LogP contribution in [0.2, 0.25) is 0 Å². The first-order valence-corrected chi connectivity index (χ1v) is 18.0. The minimum atomic E-state index is -5.36. The fourth-order valence-electron chi connectivity index (χ4n) is 5.94. The van der Waals surface area contributed by atoms with Gasteiger partial charge in [0.2, 0.25) is 0 Å². The van der Waals surface area contributed by atoms with Crippen molar-refractivity contribution < 1.29 is 64.4 Å². The lowest BCUT2D eigenvalue weighted by Gasteiger charge is -2.35. The predicted octanol–water partition coefficient (Wildman–Crippen LogP) is 8.80. The summed E-state index contributed by atoms with van der Waals surface area (Å²) < 4.78 is 116. The van der Waals surface area contributed by atoms with Crippen LogP contribution in [0.15, 0.2) is 120 Å². The summed E-state index contributed by atoms with van der Waals surface area (Å²) >= 11 is 0.979. The number of thioether (sulfide) groups is 1. The smallest absolute Gasteiger partial charge is 0.432 e. The van der Waals surface area contributed by atoms with E-state index in [9.17, 15) is 40.7 Å². The molecule has 8 nitrogen and oxygen atoms in total. The molecule has 0 saturated carbocycles. The largest absolute Gasteiger partial charge is 0.463 e. The summed E-state index contributed by atoms with van der Waals surface area (Å²) in [4.78, 5) is 41.4. The number of cyclic esters (lactones) is 1. The summed E-state index contributed by atoms with van der Waals surface area (Å²) in [5.41, 5.74) is -8.36. The maximum absolute atomic E-state index is 15.0. The third kappa shape index (κ3) is 10.2. The van der Waals surface area contributed by atoms with Gasteiger partial charge >= 0.3 is 30.3 Å². The highest BCUT2D eigenvalue weighted by atomic mass is 32.2. The second-order valence-electron chi connectivity index (χ2n) is 12.5. The maximum Gasteiger partial charge on any atom is 0.432 e. The molecule has 0 aliphatic carbocycles. The summed E-state index contributed by atoms with van der Waals surface area (Å²) in [6.45, 7) is 1.65. The van der Waals surface area contributed by atoms with Crippen molar-refractivity contribution in [2.24, 2.45) is 0 Å². The fourth-order valence-corrected chi connectivity index (χ4v) is 7.10. The van der Waals surface area contributed by atoms with Gasteiger partial charge < -0.3 is 23.7 Å². The van der Waals surface area contributed by atoms with E-state index >= 15 is 0 Å². The predicted molar refractivity (Wildman–Crippen MR) is 191 cm³/mol. The molecule has 0 radical (unpaired) electrons. The number of benzene rings is 3. The van der Waals surface area contributed by atoms with Crippen molar-refractivity contribution in [3.63, 3.8) is 0 Å². The topological polar surface area (TPSA) is 97.4 Å². The number of carbonyl (C=O) groups excluding carboxylic acids is 3. The van der Waals surface area contributed by atoms with Crippen molar-refractivity contribution in [3.8, 4) is 0 Å². The molecule has 0 saturated heterocycles. The van der Waals surface area contributed by atoms with Gasteiger partial charge in [0.1, 0.15) is 12.2 Å². The highest BCUT2D eigenvalue weighted by molar-refractivity contribution is 8.00. The Morgan fingerprint density at radius 2 is 1.20 bits per heavy atom. The number of carbonyl (C=O) groups is 3. The molecule has 3 aromatic carbocycles. The number of methoxy groups -OCH3 is 2. The van der Waals surface area contributed by atoms with Gasteiger partial charge in [-0.2, -0.15) is 26.3 Å². The van der Waals surface area contributed by atoms with Crippen LogP contribution in [0.3, 0.4) is 0 Å². The summed E-state index contributed by atoms with van der Waals surface area (Å²) in [7, 11) is 1.40. The Balaban J connectivity index is 1.86. The molecular weight excluding hydrogens is 754 g/mol. The highest BCUT2D eigenvalue weighted by Gasteiger charge is 2.65. The molecule has 0 unspecified atom stereocenters. The Bertz CT molecular complexity index is 1770. The van der Waals surface area contributed by atoms with Crippen molar-refractivity contribution in [3.05, 3.63) is 126 Å². The van der Waals surface area contributed by atoms with Crippen LogP contribution in [0.5, 0.6) is 0 Å². The van der Waals surface area contributed by atoms with Gasteiger partial charge in [-0.3, -0.25) is 4.79 Å². The molecule has 1 aliphatic rings. The molecule has 3 aromatic rings. The number of halogens is 6. The van der Waals surface area contributed by atoms with Crippen molar-refractivity contribution in [1.82, 2.24) is 0 Å². The normalized spacial score (nSPS) is 23.5. The summed E-state index contributed by atoms with van der Waals surface area (Å²) in [6.07, 6.45) is -8.94. The molecule has 0 fully saturated rings. The molecule has 0 aromatic heterocycles. The first kappa shape index (κ1) is 43.1. The summed E-state index contributed by atoms with van der Waals surface area (Å²) in [5, 5.41) is -1.18. The Kier molecular flexibility index (Phi) is 14.8. The fraction of sp³-hybridized carbons (Fsp3) is 0.375. The molecule has 55 heavy (non-hydrogen) atoms. The molecule has 1 aliphatic heterocycles. The Hall–Kier alpha value is -4.60. The van der Waals surface area contributed by atoms with Crippen LogP contribution in [0, 0.1) is 0 Å². The molecule has 6 atom stereocenters. The first-order valence-electron chi connectivity index (χ1n) is 17.1. The van der Waals surface area contributed by atoms with E-state index < -0.39 is 82.6 Å². The number of hydrogen-bond acceptors (Lipinski definition) is 9. The second-order valence-corrected chi connectivity index (χ2v) is 13.8. The van der Waals surface area contributed by atoms with E-state index in [4.69, 9.17) is 23.7 Å². The van der Waals surface area contributed by atoms with Crippen molar-refractivity contribution in [2.45, 2.75) is 84.6 Å². The third-order valence-electron chi connectivity index (χ3n) is 8.73. The van der Waals surface area contributed by atoms with Gasteiger partial charge in [-0.15, -0.1) is 11.8 Å². The van der Waals surface area contributed by atoms with Gasteiger partial charge in [0.05, 0.1) is 17.8 Å². The number of ether oxygens (including phenoxy) is 5. The van der Waals surface area contributed by atoms with Crippen LogP contribution >= 0.6 is 11.8 Å². The number of allylic oxidation sites excluding steroid dienone is 1. The molecule has 0 spiro atoms. The van der Waals surface area contributed by atoms with Gasteiger partial charge in [0, 0.05) is 30.2 Å². The van der Waals surface area contributed by atoms with Gasteiger partial charge in [0.25, 0.3) is 11.2 Å². The summed E-state index contributed by atoms with van der Waals surface area (Å²) in [6, 6.07) is 20.6. The van der Waals surface area contributed by atoms with E-state index in [-0.39, 0.29) is 0 Å². The van der Waals surface area contributed by atoms with E-state index in [2.05, 4.69) is 0 Å². The second kappa shape index (κ2) is 18.8. The van der Waals surface area contributed by atoms with E-state index in [0.29, 0.717) is 38.4 Å². The molecule has 0 amide bonds. The number of rotatable bonds is 10. The van der Waals surface area contributed by atoms with Crippen molar-refractivity contribution in [1.29, 1.82) is 0 Å². The zero-order valence-corrected chi connectivity index (χ0v) is 30.9. The zero-order valence-electron chi connectivity index (χ0n) is 30.0. The monoisotopic (exact) mass is 794 g/mol. The molecular formula is C40H40F6O8S. The minimum Gasteiger partial charge on any atom is -0.463 e. The molecule has 0 bridgehead atoms. The summed E-state index contributed by atoms with van der Waals surface area (Å²) in [5.74, 6) is -4.48. The third-order valence-corrected chi connectivity index (χ3v) is 10.0. The number of hydrogen-bond donors (Lipinski definition) is 0. The quantitative estimate of drug-likeness (QED) is 0.0864. The average molecular weight is 795 g/mol. The molecule has 4 rings (SSSR count). The van der Waals surface area contributed by atoms with Gasteiger partial charge in [-0.1, -0.05) is 84.9 Å². The zero-order chi connectivity index (χ0) is 40.3. The van der Waals surface area contributed by atoms with Crippen molar-refractivity contribution >= 4 is 29.7 Å². The Morgan fingerprint density at radius 1 is 0.709 bits per heavy atom. The van der Waals surface area contributed by atoms with Gasteiger partial charge in [-0.25, -0.2) is 9.59 Å². The molecule has 296 valence electrons. The van der Waals surface area contributed by atoms with Crippen LogP contribution < -0.4 is 0 Å². The number of esters is 3. The molecule has 1 heterocycles.